The Morgan fingerprint density at radius 2 is 1.76 bits per heavy atom. The number of hydrogen-bond donors (Lipinski definition) is 0. The van der Waals surface area contributed by atoms with Gasteiger partial charge in [0.1, 0.15) is 0 Å². The zero-order valence-electron chi connectivity index (χ0n) is 8.62. The SMILES string of the molecule is Cc1ccc(F)c(Oc2nc(Cl)nc(Cl)n2)c1. The summed E-state index contributed by atoms with van der Waals surface area (Å²) in [5.41, 5.74) is 0.840. The molecule has 0 N–H and O–H groups in total. The molecule has 2 rings (SSSR count). The first-order valence-corrected chi connectivity index (χ1v) is 5.31. The van der Waals surface area contributed by atoms with Gasteiger partial charge in [-0.25, -0.2) is 4.39 Å². The molecule has 0 aliphatic rings. The highest BCUT2D eigenvalue weighted by Crippen LogP contribution is 2.24. The van der Waals surface area contributed by atoms with Gasteiger partial charge >= 0.3 is 6.01 Å². The molecule has 4 nitrogen and oxygen atoms in total. The fraction of sp³-hybridized carbons (Fsp3) is 0.100. The highest BCUT2D eigenvalue weighted by molar-refractivity contribution is 6.31. The molecule has 88 valence electrons. The van der Waals surface area contributed by atoms with Gasteiger partial charge in [-0.1, -0.05) is 6.07 Å². The van der Waals surface area contributed by atoms with Crippen LogP contribution in [0.1, 0.15) is 5.56 Å². The molecule has 0 saturated heterocycles. The van der Waals surface area contributed by atoms with Gasteiger partial charge in [0.2, 0.25) is 10.6 Å². The van der Waals surface area contributed by atoms with Crippen LogP contribution in [0.4, 0.5) is 4.39 Å². The van der Waals surface area contributed by atoms with Crippen molar-refractivity contribution in [3.05, 3.63) is 40.1 Å². The number of aromatic nitrogens is 3. The molecule has 0 fully saturated rings. The summed E-state index contributed by atoms with van der Waals surface area (Å²) in [7, 11) is 0. The van der Waals surface area contributed by atoms with E-state index in [4.69, 9.17) is 27.9 Å². The molecule has 1 aromatic carbocycles. The molecule has 17 heavy (non-hydrogen) atoms. The first kappa shape index (κ1) is 12.0. The van der Waals surface area contributed by atoms with Crippen molar-refractivity contribution in [1.29, 1.82) is 0 Å². The van der Waals surface area contributed by atoms with E-state index in [0.29, 0.717) is 0 Å². The van der Waals surface area contributed by atoms with Gasteiger partial charge in [0.05, 0.1) is 0 Å². The number of hydrogen-bond acceptors (Lipinski definition) is 4. The van der Waals surface area contributed by atoms with E-state index in [2.05, 4.69) is 15.0 Å². The number of rotatable bonds is 2. The first-order chi connectivity index (χ1) is 8.04. The molecule has 0 saturated carbocycles. The highest BCUT2D eigenvalue weighted by atomic mass is 35.5. The monoisotopic (exact) mass is 273 g/mol. The van der Waals surface area contributed by atoms with Crippen LogP contribution >= 0.6 is 23.2 Å². The minimum absolute atomic E-state index is 0.00309. The summed E-state index contributed by atoms with van der Waals surface area (Å²) < 4.78 is 18.5. The Hall–Kier alpha value is -1.46. The van der Waals surface area contributed by atoms with Gasteiger partial charge in [0, 0.05) is 0 Å². The summed E-state index contributed by atoms with van der Waals surface area (Å²) in [5.74, 6) is -0.522. The molecule has 0 aliphatic heterocycles. The average Bonchev–Trinajstić information content (AvgIpc) is 2.22. The van der Waals surface area contributed by atoms with Crippen molar-refractivity contribution in [2.75, 3.05) is 0 Å². The Balaban J connectivity index is 2.34. The topological polar surface area (TPSA) is 47.9 Å². The number of aryl methyl sites for hydroxylation is 1. The Labute approximate surface area is 106 Å². The predicted octanol–water partition coefficient (Wildman–Crippen LogP) is 3.42. The van der Waals surface area contributed by atoms with Crippen LogP contribution in [0.5, 0.6) is 11.8 Å². The van der Waals surface area contributed by atoms with Gasteiger partial charge < -0.3 is 4.74 Å². The third-order valence-electron chi connectivity index (χ3n) is 1.85. The maximum absolute atomic E-state index is 13.4. The Kier molecular flexibility index (Phi) is 3.40. The van der Waals surface area contributed by atoms with Crippen molar-refractivity contribution in [2.24, 2.45) is 0 Å². The second-order valence-electron chi connectivity index (χ2n) is 3.19. The average molecular weight is 274 g/mol. The summed E-state index contributed by atoms with van der Waals surface area (Å²) in [6, 6.07) is 4.27. The summed E-state index contributed by atoms with van der Waals surface area (Å²) in [6.45, 7) is 1.81. The van der Waals surface area contributed by atoms with E-state index in [0.717, 1.165) is 5.56 Å². The van der Waals surface area contributed by atoms with Crippen molar-refractivity contribution >= 4 is 23.2 Å². The lowest BCUT2D eigenvalue weighted by atomic mass is 10.2. The smallest absolute Gasteiger partial charge is 0.327 e. The molecule has 0 bridgehead atoms. The molecule has 0 unspecified atom stereocenters. The lowest BCUT2D eigenvalue weighted by molar-refractivity contribution is 0.409. The van der Waals surface area contributed by atoms with Crippen LogP contribution in [0.2, 0.25) is 10.6 Å². The van der Waals surface area contributed by atoms with E-state index >= 15 is 0 Å². The molecule has 0 spiro atoms. The molecule has 0 atom stereocenters. The van der Waals surface area contributed by atoms with E-state index in [1.54, 1.807) is 13.0 Å². The molecule has 1 aromatic heterocycles. The quantitative estimate of drug-likeness (QED) is 0.841. The molecule has 0 amide bonds. The number of halogens is 3. The lowest BCUT2D eigenvalue weighted by Gasteiger charge is -2.05. The van der Waals surface area contributed by atoms with Gasteiger partial charge in [0.25, 0.3) is 0 Å². The van der Waals surface area contributed by atoms with Gasteiger partial charge in [-0.3, -0.25) is 0 Å². The zero-order valence-corrected chi connectivity index (χ0v) is 10.1. The fourth-order valence-corrected chi connectivity index (χ4v) is 1.49. The van der Waals surface area contributed by atoms with Crippen LogP contribution in [0.25, 0.3) is 0 Å². The summed E-state index contributed by atoms with van der Waals surface area (Å²) in [5, 5.41) is -0.235. The second kappa shape index (κ2) is 4.81. The maximum atomic E-state index is 13.4. The van der Waals surface area contributed by atoms with Crippen molar-refractivity contribution in [2.45, 2.75) is 6.92 Å². The third kappa shape index (κ3) is 3.01. The zero-order chi connectivity index (χ0) is 12.4. The molecule has 0 radical (unpaired) electrons. The van der Waals surface area contributed by atoms with E-state index in [-0.39, 0.29) is 22.3 Å². The molecule has 1 heterocycles. The van der Waals surface area contributed by atoms with Crippen LogP contribution < -0.4 is 4.74 Å². The molecule has 2 aromatic rings. The fourth-order valence-electron chi connectivity index (χ4n) is 1.14. The van der Waals surface area contributed by atoms with Gasteiger partial charge in [-0.05, 0) is 47.8 Å². The van der Waals surface area contributed by atoms with Gasteiger partial charge in [0.15, 0.2) is 11.6 Å². The number of benzene rings is 1. The Morgan fingerprint density at radius 1 is 1.12 bits per heavy atom. The highest BCUT2D eigenvalue weighted by Gasteiger charge is 2.09. The standard InChI is InChI=1S/C10H6Cl2FN3O/c1-5-2-3-6(13)7(4-5)17-10-15-8(11)14-9(12)16-10/h2-4H,1H3. The van der Waals surface area contributed by atoms with Crippen LogP contribution in [-0.4, -0.2) is 15.0 Å². The Bertz CT molecular complexity index is 545. The summed E-state index contributed by atoms with van der Waals surface area (Å²) in [4.78, 5) is 10.9. The molecule has 0 aliphatic carbocycles. The minimum Gasteiger partial charge on any atom is -0.421 e. The van der Waals surface area contributed by atoms with E-state index in [9.17, 15) is 4.39 Å². The molecule has 7 heteroatoms. The number of nitrogens with zero attached hydrogens (tertiary/aromatic N) is 3. The van der Waals surface area contributed by atoms with Gasteiger partial charge in [-0.2, -0.15) is 15.0 Å². The second-order valence-corrected chi connectivity index (χ2v) is 3.87. The van der Waals surface area contributed by atoms with Crippen molar-refractivity contribution in [3.63, 3.8) is 0 Å². The van der Waals surface area contributed by atoms with E-state index < -0.39 is 5.82 Å². The minimum atomic E-state index is -0.525. The lowest BCUT2D eigenvalue weighted by Crippen LogP contribution is -1.97. The van der Waals surface area contributed by atoms with E-state index in [1.807, 2.05) is 0 Å². The van der Waals surface area contributed by atoms with Crippen LogP contribution in [0, 0.1) is 12.7 Å². The van der Waals surface area contributed by atoms with Crippen molar-refractivity contribution < 1.29 is 9.13 Å². The van der Waals surface area contributed by atoms with Crippen molar-refractivity contribution in [1.82, 2.24) is 15.0 Å². The molecular formula is C10H6Cl2FN3O. The normalized spacial score (nSPS) is 10.4. The Morgan fingerprint density at radius 3 is 2.41 bits per heavy atom. The summed E-state index contributed by atoms with van der Waals surface area (Å²) >= 11 is 11.1. The third-order valence-corrected chi connectivity index (χ3v) is 2.19. The number of ether oxygens (including phenoxy) is 1. The van der Waals surface area contributed by atoms with E-state index in [1.165, 1.54) is 12.1 Å². The summed E-state index contributed by atoms with van der Waals surface area (Å²) in [6.07, 6.45) is 0. The maximum Gasteiger partial charge on any atom is 0.327 e. The van der Waals surface area contributed by atoms with Crippen LogP contribution in [0.15, 0.2) is 18.2 Å². The molecular weight excluding hydrogens is 268 g/mol. The largest absolute Gasteiger partial charge is 0.421 e. The van der Waals surface area contributed by atoms with Gasteiger partial charge in [-0.15, -0.1) is 0 Å². The van der Waals surface area contributed by atoms with Crippen LogP contribution in [0.3, 0.4) is 0 Å². The van der Waals surface area contributed by atoms with Crippen LogP contribution in [-0.2, 0) is 0 Å². The van der Waals surface area contributed by atoms with Crippen molar-refractivity contribution in [3.8, 4) is 11.8 Å². The predicted molar refractivity (Wildman–Crippen MR) is 61.1 cm³/mol. The first-order valence-electron chi connectivity index (χ1n) is 4.55.